The molecule has 0 unspecified atom stereocenters. The Kier molecular flexibility index (Phi) is 6.53. The molecule has 0 atom stereocenters. The van der Waals surface area contributed by atoms with Gasteiger partial charge in [0.25, 0.3) is 11.8 Å². The standard InChI is InChI=1S/C19H22ClN3O2/c1-12(2)7-9-22-19(25)17-11-14(8-10-21-17)18(24)23-16-6-4-5-15(20)13(16)3/h4-6,8,10-12H,7,9H2,1-3H3,(H,22,25)(H,23,24). The molecule has 132 valence electrons. The van der Waals surface area contributed by atoms with Crippen molar-refractivity contribution in [3.63, 3.8) is 0 Å². The molecule has 0 bridgehead atoms. The van der Waals surface area contributed by atoms with Crippen molar-refractivity contribution in [1.29, 1.82) is 0 Å². The lowest BCUT2D eigenvalue weighted by Gasteiger charge is -2.10. The Morgan fingerprint density at radius 1 is 1.20 bits per heavy atom. The van der Waals surface area contributed by atoms with E-state index in [1.165, 1.54) is 12.3 Å². The molecule has 0 fully saturated rings. The number of pyridine rings is 1. The topological polar surface area (TPSA) is 71.1 Å². The summed E-state index contributed by atoms with van der Waals surface area (Å²) < 4.78 is 0. The number of aromatic nitrogens is 1. The number of nitrogens with one attached hydrogen (secondary N) is 2. The van der Waals surface area contributed by atoms with E-state index in [9.17, 15) is 9.59 Å². The summed E-state index contributed by atoms with van der Waals surface area (Å²) in [5.74, 6) is -0.0930. The number of amides is 2. The third-order valence-corrected chi connectivity index (χ3v) is 4.19. The molecule has 2 rings (SSSR count). The normalized spacial score (nSPS) is 10.6. The summed E-state index contributed by atoms with van der Waals surface area (Å²) in [6.07, 6.45) is 2.34. The van der Waals surface area contributed by atoms with E-state index in [2.05, 4.69) is 29.5 Å². The Labute approximate surface area is 152 Å². The van der Waals surface area contributed by atoms with Crippen LogP contribution in [0.3, 0.4) is 0 Å². The number of halogens is 1. The monoisotopic (exact) mass is 359 g/mol. The summed E-state index contributed by atoms with van der Waals surface area (Å²) in [6, 6.07) is 8.36. The van der Waals surface area contributed by atoms with Crippen molar-refractivity contribution in [3.8, 4) is 0 Å². The van der Waals surface area contributed by atoms with Crippen LogP contribution < -0.4 is 10.6 Å². The first-order valence-electron chi connectivity index (χ1n) is 8.19. The second-order valence-electron chi connectivity index (χ2n) is 6.23. The minimum atomic E-state index is -0.316. The molecule has 25 heavy (non-hydrogen) atoms. The van der Waals surface area contributed by atoms with Gasteiger partial charge in [-0.3, -0.25) is 14.6 Å². The van der Waals surface area contributed by atoms with Crippen LogP contribution in [0.5, 0.6) is 0 Å². The van der Waals surface area contributed by atoms with Gasteiger partial charge in [0, 0.05) is 29.0 Å². The lowest BCUT2D eigenvalue weighted by Crippen LogP contribution is -2.26. The highest BCUT2D eigenvalue weighted by molar-refractivity contribution is 6.31. The Morgan fingerprint density at radius 3 is 2.68 bits per heavy atom. The molecule has 5 nitrogen and oxygen atoms in total. The number of benzene rings is 1. The zero-order valence-corrected chi connectivity index (χ0v) is 15.4. The average molecular weight is 360 g/mol. The van der Waals surface area contributed by atoms with Crippen molar-refractivity contribution in [2.75, 3.05) is 11.9 Å². The van der Waals surface area contributed by atoms with Gasteiger partial charge < -0.3 is 10.6 Å². The SMILES string of the molecule is Cc1c(Cl)cccc1NC(=O)c1ccnc(C(=O)NCCC(C)C)c1. The van der Waals surface area contributed by atoms with E-state index in [0.717, 1.165) is 12.0 Å². The molecule has 6 heteroatoms. The van der Waals surface area contributed by atoms with Gasteiger partial charge in [0.15, 0.2) is 0 Å². The fraction of sp³-hybridized carbons (Fsp3) is 0.316. The molecule has 0 spiro atoms. The predicted molar refractivity (Wildman–Crippen MR) is 100 cm³/mol. The average Bonchev–Trinajstić information content (AvgIpc) is 2.58. The zero-order chi connectivity index (χ0) is 18.4. The molecule has 2 aromatic rings. The summed E-state index contributed by atoms with van der Waals surface area (Å²) in [6.45, 7) is 6.59. The van der Waals surface area contributed by atoms with E-state index < -0.39 is 0 Å². The van der Waals surface area contributed by atoms with Crippen LogP contribution in [0.1, 0.15) is 46.7 Å². The van der Waals surface area contributed by atoms with Gasteiger partial charge in [-0.15, -0.1) is 0 Å². The van der Waals surface area contributed by atoms with Crippen LogP contribution in [0.25, 0.3) is 0 Å². The van der Waals surface area contributed by atoms with Crippen molar-refractivity contribution < 1.29 is 9.59 Å². The van der Waals surface area contributed by atoms with E-state index in [4.69, 9.17) is 11.6 Å². The molecule has 1 aromatic carbocycles. The van der Waals surface area contributed by atoms with Crippen molar-refractivity contribution in [2.45, 2.75) is 27.2 Å². The molecule has 0 saturated heterocycles. The van der Waals surface area contributed by atoms with Gasteiger partial charge in [0.2, 0.25) is 0 Å². The first-order chi connectivity index (χ1) is 11.9. The highest BCUT2D eigenvalue weighted by Gasteiger charge is 2.13. The maximum atomic E-state index is 12.4. The number of carbonyl (C=O) groups is 2. The maximum absolute atomic E-state index is 12.4. The maximum Gasteiger partial charge on any atom is 0.269 e. The second kappa shape index (κ2) is 8.62. The zero-order valence-electron chi connectivity index (χ0n) is 14.6. The Morgan fingerprint density at radius 2 is 1.96 bits per heavy atom. The van der Waals surface area contributed by atoms with E-state index in [-0.39, 0.29) is 17.5 Å². The first-order valence-corrected chi connectivity index (χ1v) is 8.57. The largest absolute Gasteiger partial charge is 0.351 e. The number of anilines is 1. The number of nitrogens with zero attached hydrogens (tertiary/aromatic N) is 1. The summed E-state index contributed by atoms with van der Waals surface area (Å²) >= 11 is 6.07. The molecule has 2 amide bonds. The van der Waals surface area contributed by atoms with Gasteiger partial charge in [-0.25, -0.2) is 0 Å². The fourth-order valence-corrected chi connectivity index (χ4v) is 2.37. The van der Waals surface area contributed by atoms with Crippen molar-refractivity contribution in [3.05, 3.63) is 58.4 Å². The Hall–Kier alpha value is -2.40. The highest BCUT2D eigenvalue weighted by Crippen LogP contribution is 2.23. The summed E-state index contributed by atoms with van der Waals surface area (Å²) in [5.41, 5.74) is 2.01. The molecule has 0 aliphatic heterocycles. The molecule has 0 radical (unpaired) electrons. The lowest BCUT2D eigenvalue weighted by molar-refractivity contribution is 0.0947. The van der Waals surface area contributed by atoms with Crippen molar-refractivity contribution in [2.24, 2.45) is 5.92 Å². The van der Waals surface area contributed by atoms with Crippen LogP contribution in [-0.4, -0.2) is 23.3 Å². The smallest absolute Gasteiger partial charge is 0.269 e. The van der Waals surface area contributed by atoms with Gasteiger partial charge in [0.05, 0.1) is 0 Å². The van der Waals surface area contributed by atoms with Gasteiger partial charge in [0.1, 0.15) is 5.69 Å². The van der Waals surface area contributed by atoms with E-state index >= 15 is 0 Å². The first kappa shape index (κ1) is 18.9. The van der Waals surface area contributed by atoms with Crippen LogP contribution in [0.15, 0.2) is 36.5 Å². The van der Waals surface area contributed by atoms with Crippen LogP contribution in [0.4, 0.5) is 5.69 Å². The fourth-order valence-electron chi connectivity index (χ4n) is 2.20. The Bertz CT molecular complexity index is 775. The molecule has 0 saturated carbocycles. The third-order valence-electron chi connectivity index (χ3n) is 3.78. The number of hydrogen-bond acceptors (Lipinski definition) is 3. The highest BCUT2D eigenvalue weighted by atomic mass is 35.5. The van der Waals surface area contributed by atoms with Crippen molar-refractivity contribution in [1.82, 2.24) is 10.3 Å². The Balaban J connectivity index is 2.08. The van der Waals surface area contributed by atoms with Gasteiger partial charge >= 0.3 is 0 Å². The molecule has 0 aliphatic rings. The summed E-state index contributed by atoms with van der Waals surface area (Å²) in [4.78, 5) is 28.6. The van der Waals surface area contributed by atoms with Gasteiger partial charge in [-0.2, -0.15) is 0 Å². The minimum Gasteiger partial charge on any atom is -0.351 e. The van der Waals surface area contributed by atoms with E-state index in [0.29, 0.717) is 28.7 Å². The van der Waals surface area contributed by atoms with Crippen LogP contribution in [0, 0.1) is 12.8 Å². The molecule has 1 aromatic heterocycles. The lowest BCUT2D eigenvalue weighted by atomic mass is 10.1. The van der Waals surface area contributed by atoms with E-state index in [1.807, 2.05) is 6.92 Å². The van der Waals surface area contributed by atoms with Crippen LogP contribution in [0.2, 0.25) is 5.02 Å². The van der Waals surface area contributed by atoms with Gasteiger partial charge in [-0.05, 0) is 49.1 Å². The predicted octanol–water partition coefficient (Wildman–Crippen LogP) is 4.07. The van der Waals surface area contributed by atoms with E-state index in [1.54, 1.807) is 24.3 Å². The third kappa shape index (κ3) is 5.29. The quantitative estimate of drug-likeness (QED) is 0.816. The van der Waals surface area contributed by atoms with Gasteiger partial charge in [-0.1, -0.05) is 31.5 Å². The number of carbonyl (C=O) groups excluding carboxylic acids is 2. The molecule has 1 heterocycles. The van der Waals surface area contributed by atoms with Crippen molar-refractivity contribution >= 4 is 29.1 Å². The second-order valence-corrected chi connectivity index (χ2v) is 6.64. The number of hydrogen-bond donors (Lipinski definition) is 2. The molecular formula is C19H22ClN3O2. The van der Waals surface area contributed by atoms with Crippen LogP contribution in [-0.2, 0) is 0 Å². The summed E-state index contributed by atoms with van der Waals surface area (Å²) in [5, 5.41) is 6.20. The summed E-state index contributed by atoms with van der Waals surface area (Å²) in [7, 11) is 0. The van der Waals surface area contributed by atoms with Crippen LogP contribution >= 0.6 is 11.6 Å². The number of rotatable bonds is 6. The minimum absolute atomic E-state index is 0.222. The molecule has 0 aliphatic carbocycles. The molecular weight excluding hydrogens is 338 g/mol. The molecule has 2 N–H and O–H groups in total.